The number of rotatable bonds is 8. The molecule has 0 saturated carbocycles. The summed E-state index contributed by atoms with van der Waals surface area (Å²) in [5.41, 5.74) is 1.19. The van der Waals surface area contributed by atoms with Gasteiger partial charge in [-0.05, 0) is 50.3 Å². The van der Waals surface area contributed by atoms with Gasteiger partial charge in [0.15, 0.2) is 5.96 Å². The number of sulfonamides is 1. The normalized spacial score (nSPS) is 16.2. The van der Waals surface area contributed by atoms with Crippen LogP contribution < -0.4 is 10.1 Å². The molecule has 0 radical (unpaired) electrons. The lowest BCUT2D eigenvalue weighted by molar-refractivity contribution is 0.279. The zero-order valence-corrected chi connectivity index (χ0v) is 21.1. The van der Waals surface area contributed by atoms with E-state index in [0.29, 0.717) is 32.2 Å². The number of benzene rings is 1. The Morgan fingerprint density at radius 2 is 1.86 bits per heavy atom. The summed E-state index contributed by atoms with van der Waals surface area (Å²) in [6, 6.07) is 8.14. The molecule has 1 fully saturated rings. The predicted octanol–water partition coefficient (Wildman–Crippen LogP) is 2.77. The van der Waals surface area contributed by atoms with Gasteiger partial charge >= 0.3 is 0 Å². The molecule has 9 heteroatoms. The molecule has 1 heterocycles. The molecule has 2 rings (SSSR count). The highest BCUT2D eigenvalue weighted by Gasteiger charge is 2.24. The van der Waals surface area contributed by atoms with Crippen molar-refractivity contribution >= 4 is 40.0 Å². The maximum Gasteiger partial charge on any atom is 0.211 e. The molecule has 0 amide bonds. The largest absolute Gasteiger partial charge is 0.494 e. The Kier molecular flexibility index (Phi) is 11.3. The van der Waals surface area contributed by atoms with E-state index in [1.165, 1.54) is 11.8 Å². The molecule has 0 unspecified atom stereocenters. The van der Waals surface area contributed by atoms with Gasteiger partial charge in [-0.15, -0.1) is 24.0 Å². The molecule has 0 bridgehead atoms. The molecule has 1 saturated heterocycles. The topological polar surface area (TPSA) is 74.2 Å². The van der Waals surface area contributed by atoms with Crippen LogP contribution in [0.3, 0.4) is 0 Å². The van der Waals surface area contributed by atoms with Crippen LogP contribution in [0, 0.1) is 5.92 Å². The molecule has 166 valence electrons. The van der Waals surface area contributed by atoms with Crippen LogP contribution in [0.25, 0.3) is 0 Å². The zero-order valence-electron chi connectivity index (χ0n) is 17.9. The summed E-state index contributed by atoms with van der Waals surface area (Å²) in [7, 11) is -1.04. The van der Waals surface area contributed by atoms with E-state index in [1.807, 2.05) is 26.1 Å². The molecular weight excluding hydrogens is 503 g/mol. The number of halogens is 1. The Morgan fingerprint density at radius 1 is 1.24 bits per heavy atom. The van der Waals surface area contributed by atoms with Gasteiger partial charge in [-0.2, -0.15) is 0 Å². The first-order valence-electron chi connectivity index (χ1n) is 9.99. The fraction of sp³-hybridized carbons (Fsp3) is 0.650. The highest BCUT2D eigenvalue weighted by molar-refractivity contribution is 14.0. The van der Waals surface area contributed by atoms with E-state index in [9.17, 15) is 8.42 Å². The van der Waals surface area contributed by atoms with Crippen LogP contribution >= 0.6 is 24.0 Å². The lowest BCUT2D eigenvalue weighted by atomic mass is 9.98. The smallest absolute Gasteiger partial charge is 0.211 e. The predicted molar refractivity (Wildman–Crippen MR) is 130 cm³/mol. The monoisotopic (exact) mass is 538 g/mol. The van der Waals surface area contributed by atoms with Gasteiger partial charge in [0.2, 0.25) is 10.0 Å². The highest BCUT2D eigenvalue weighted by Crippen LogP contribution is 2.19. The first-order chi connectivity index (χ1) is 13.3. The van der Waals surface area contributed by atoms with E-state index in [-0.39, 0.29) is 24.0 Å². The Labute approximate surface area is 193 Å². The summed E-state index contributed by atoms with van der Waals surface area (Å²) in [5.74, 6) is 2.18. The van der Waals surface area contributed by atoms with Gasteiger partial charge < -0.3 is 15.0 Å². The van der Waals surface area contributed by atoms with Gasteiger partial charge in [0.25, 0.3) is 0 Å². The average Bonchev–Trinajstić information content (AvgIpc) is 2.66. The number of aliphatic imine (C=N–C) groups is 1. The fourth-order valence-corrected chi connectivity index (χ4v) is 4.19. The van der Waals surface area contributed by atoms with Gasteiger partial charge in [0, 0.05) is 39.8 Å². The molecule has 0 aliphatic carbocycles. The van der Waals surface area contributed by atoms with Crippen molar-refractivity contribution in [2.75, 3.05) is 46.1 Å². The van der Waals surface area contributed by atoms with E-state index in [2.05, 4.69) is 29.3 Å². The van der Waals surface area contributed by atoms with Crippen molar-refractivity contribution in [1.29, 1.82) is 0 Å². The number of ether oxygens (including phenoxy) is 1. The van der Waals surface area contributed by atoms with Crippen LogP contribution in [0.4, 0.5) is 0 Å². The molecular formula is C20H35IN4O3S. The van der Waals surface area contributed by atoms with Crippen molar-refractivity contribution in [2.24, 2.45) is 10.9 Å². The third-order valence-electron chi connectivity index (χ3n) is 4.89. The zero-order chi connectivity index (χ0) is 20.6. The minimum Gasteiger partial charge on any atom is -0.494 e. The maximum absolute atomic E-state index is 11.6. The van der Waals surface area contributed by atoms with Gasteiger partial charge in [-0.25, -0.2) is 12.7 Å². The molecule has 1 aliphatic heterocycles. The van der Waals surface area contributed by atoms with Gasteiger partial charge in [-0.1, -0.05) is 12.1 Å². The summed E-state index contributed by atoms with van der Waals surface area (Å²) < 4.78 is 30.3. The maximum atomic E-state index is 11.6. The third-order valence-corrected chi connectivity index (χ3v) is 6.20. The number of hydrogen-bond acceptors (Lipinski definition) is 4. The van der Waals surface area contributed by atoms with Crippen molar-refractivity contribution in [3.8, 4) is 5.75 Å². The Balaban J connectivity index is 0.00000420. The minimum absolute atomic E-state index is 0. The molecule has 0 aromatic heterocycles. The minimum atomic E-state index is -3.08. The molecule has 0 spiro atoms. The highest BCUT2D eigenvalue weighted by atomic mass is 127. The second kappa shape index (κ2) is 12.6. The van der Waals surface area contributed by atoms with E-state index >= 15 is 0 Å². The summed E-state index contributed by atoms with van der Waals surface area (Å²) in [5, 5.41) is 3.35. The number of nitrogens with one attached hydrogen (secondary N) is 1. The molecule has 1 aliphatic rings. The quantitative estimate of drug-likeness (QED) is 0.313. The van der Waals surface area contributed by atoms with Gasteiger partial charge in [0.1, 0.15) is 5.75 Å². The Hall–Kier alpha value is -1.07. The molecule has 29 heavy (non-hydrogen) atoms. The molecule has 1 aromatic carbocycles. The summed E-state index contributed by atoms with van der Waals surface area (Å²) in [6.07, 6.45) is 3.00. The molecule has 0 atom stereocenters. The molecule has 1 aromatic rings. The van der Waals surface area contributed by atoms with Gasteiger partial charge in [0.05, 0.1) is 12.9 Å². The second-order valence-corrected chi connectivity index (χ2v) is 9.22. The Morgan fingerprint density at radius 3 is 2.38 bits per heavy atom. The number of piperidine rings is 1. The van der Waals surface area contributed by atoms with Crippen molar-refractivity contribution in [3.63, 3.8) is 0 Å². The average molecular weight is 538 g/mol. The summed E-state index contributed by atoms with van der Waals surface area (Å²) >= 11 is 0. The SMILES string of the molecule is CCNC(=NCC1CCN(S(C)(=O)=O)CC1)N(C)Cc1ccc(OCC)cc1.I. The van der Waals surface area contributed by atoms with Crippen LogP contribution in [0.15, 0.2) is 29.3 Å². The van der Waals surface area contributed by atoms with E-state index in [1.54, 1.807) is 4.31 Å². The number of guanidine groups is 1. The van der Waals surface area contributed by atoms with Crippen LogP contribution in [0.2, 0.25) is 0 Å². The van der Waals surface area contributed by atoms with Gasteiger partial charge in [-0.3, -0.25) is 4.99 Å². The lowest BCUT2D eigenvalue weighted by Crippen LogP contribution is -2.40. The standard InChI is InChI=1S/C20H34N4O3S.HI/c1-5-21-20(22-15-17-11-13-24(14-12-17)28(4,25)26)23(3)16-18-7-9-19(10-8-18)27-6-2;/h7-10,17H,5-6,11-16H2,1-4H3,(H,21,22);1H. The molecule has 7 nitrogen and oxygen atoms in total. The van der Waals surface area contributed by atoms with Crippen molar-refractivity contribution < 1.29 is 13.2 Å². The first kappa shape index (κ1) is 26.0. The van der Waals surface area contributed by atoms with Crippen LogP contribution in [-0.4, -0.2) is 69.7 Å². The third kappa shape index (κ3) is 8.67. The van der Waals surface area contributed by atoms with Crippen molar-refractivity contribution in [1.82, 2.24) is 14.5 Å². The first-order valence-corrected chi connectivity index (χ1v) is 11.8. The van der Waals surface area contributed by atoms with Crippen LogP contribution in [0.1, 0.15) is 32.3 Å². The fourth-order valence-electron chi connectivity index (χ4n) is 3.32. The van der Waals surface area contributed by atoms with Crippen LogP contribution in [-0.2, 0) is 16.6 Å². The van der Waals surface area contributed by atoms with Crippen molar-refractivity contribution in [3.05, 3.63) is 29.8 Å². The van der Waals surface area contributed by atoms with Crippen LogP contribution in [0.5, 0.6) is 5.75 Å². The second-order valence-electron chi connectivity index (χ2n) is 7.23. The van der Waals surface area contributed by atoms with E-state index < -0.39 is 10.0 Å². The summed E-state index contributed by atoms with van der Waals surface area (Å²) in [6.45, 7) is 8.17. The summed E-state index contributed by atoms with van der Waals surface area (Å²) in [4.78, 5) is 6.92. The Bertz CT molecular complexity index is 733. The van der Waals surface area contributed by atoms with E-state index in [4.69, 9.17) is 9.73 Å². The number of nitrogens with zero attached hydrogens (tertiary/aromatic N) is 3. The molecule has 1 N–H and O–H groups in total. The van der Waals surface area contributed by atoms with Crippen molar-refractivity contribution in [2.45, 2.75) is 33.2 Å². The number of hydrogen-bond donors (Lipinski definition) is 1. The lowest BCUT2D eigenvalue weighted by Gasteiger charge is -2.30. The van der Waals surface area contributed by atoms with E-state index in [0.717, 1.165) is 37.6 Å².